The van der Waals surface area contributed by atoms with E-state index < -0.39 is 72.2 Å². The van der Waals surface area contributed by atoms with Gasteiger partial charge in [-0.2, -0.15) is 8.78 Å². The number of likely N-dealkylation sites (tertiary alicyclic amines) is 1. The van der Waals surface area contributed by atoms with E-state index in [1.807, 2.05) is 36.4 Å². The molecule has 1 aromatic heterocycles. The van der Waals surface area contributed by atoms with Crippen LogP contribution in [-0.4, -0.2) is 116 Å². The van der Waals surface area contributed by atoms with Crippen LogP contribution in [-0.2, 0) is 45.5 Å². The highest BCUT2D eigenvalue weighted by Crippen LogP contribution is 2.59. The van der Waals surface area contributed by atoms with E-state index in [2.05, 4.69) is 27.8 Å². The molecule has 0 bridgehead atoms. The molecule has 0 aliphatic carbocycles. The molecule has 17 nitrogen and oxygen atoms in total. The van der Waals surface area contributed by atoms with Crippen LogP contribution in [0.4, 0.5) is 8.78 Å². The summed E-state index contributed by atoms with van der Waals surface area (Å²) in [4.78, 5) is 117. The Morgan fingerprint density at radius 1 is 0.973 bits per heavy atom. The Kier molecular flexibility index (Phi) is 15.7. The molecule has 386 valence electrons. The number of benzene rings is 3. The number of nitrogens with zero attached hydrogens (tertiary/aromatic N) is 3. The Morgan fingerprint density at radius 3 is 2.47 bits per heavy atom. The number of unbranched alkanes of at least 4 members (excludes halogenated alkanes) is 3. The normalized spacial score (nSPS) is 20.8. The van der Waals surface area contributed by atoms with Gasteiger partial charge in [-0.1, -0.05) is 75.4 Å². The number of alkyl halides is 2. The van der Waals surface area contributed by atoms with Gasteiger partial charge >= 0.3 is 13.3 Å². The number of carbonyl (C=O) groups is 7. The second-order valence-corrected chi connectivity index (χ2v) is 22.6. The van der Waals surface area contributed by atoms with E-state index >= 15 is 0 Å². The fourth-order valence-electron chi connectivity index (χ4n) is 9.67. The third-order valence-electron chi connectivity index (χ3n) is 13.6. The van der Waals surface area contributed by atoms with Gasteiger partial charge < -0.3 is 39.9 Å². The summed E-state index contributed by atoms with van der Waals surface area (Å²) in [6.07, 6.45) is 2.89. The SMILES string of the molecule is CC(C)(C)[C@H](NC(=O)c1cc2cc(C(F)(F)P(=O)(O)O)ccc2s1)C(=O)N1C[C@@H](NC(=O)CCCCCC#Cc2ccc3c(c2)CN(C2CCC(=O)NC2=O)C3=O)C[C@H]1C(=O)N1CCO[C@H](c2ccccc2)C1. The second-order valence-electron chi connectivity index (χ2n) is 19.9. The number of halogens is 2. The first-order valence-electron chi connectivity index (χ1n) is 24.2. The minimum atomic E-state index is -5.85. The molecule has 1 unspecified atom stereocenters. The number of carbonyl (C=O) groups excluding carboxylic acids is 7. The highest BCUT2D eigenvalue weighted by molar-refractivity contribution is 7.52. The molecule has 4 aromatic rings. The molecule has 4 aliphatic rings. The quantitative estimate of drug-likeness (QED) is 0.0444. The maximum atomic E-state index is 14.8. The zero-order valence-corrected chi connectivity index (χ0v) is 42.2. The van der Waals surface area contributed by atoms with Gasteiger partial charge in [0.05, 0.1) is 18.0 Å². The third-order valence-corrected chi connectivity index (χ3v) is 15.7. The van der Waals surface area contributed by atoms with Crippen LogP contribution in [0.5, 0.6) is 0 Å². The van der Waals surface area contributed by atoms with Crippen molar-refractivity contribution in [3.8, 4) is 11.8 Å². The number of fused-ring (bicyclic) bond motifs is 2. The summed E-state index contributed by atoms with van der Waals surface area (Å²) in [5, 5.41) is 8.31. The van der Waals surface area contributed by atoms with Gasteiger partial charge in [0.1, 0.15) is 24.2 Å². The molecular formula is C52H57F2N6O11PS. The summed E-state index contributed by atoms with van der Waals surface area (Å²) in [5.41, 5.74) is -3.40. The Morgan fingerprint density at radius 2 is 1.74 bits per heavy atom. The highest BCUT2D eigenvalue weighted by Gasteiger charge is 2.51. The van der Waals surface area contributed by atoms with Crippen LogP contribution in [0.1, 0.15) is 121 Å². The van der Waals surface area contributed by atoms with Crippen molar-refractivity contribution in [3.05, 3.63) is 105 Å². The van der Waals surface area contributed by atoms with Crippen LogP contribution in [0, 0.1) is 17.3 Å². The van der Waals surface area contributed by atoms with Crippen molar-refractivity contribution >= 4 is 70.4 Å². The number of nitrogens with one attached hydrogen (secondary N) is 3. The van der Waals surface area contributed by atoms with Crippen molar-refractivity contribution in [1.82, 2.24) is 30.7 Å². The van der Waals surface area contributed by atoms with E-state index in [-0.39, 0.29) is 92.4 Å². The van der Waals surface area contributed by atoms with Gasteiger partial charge in [0.15, 0.2) is 0 Å². The van der Waals surface area contributed by atoms with Gasteiger partial charge in [0.2, 0.25) is 29.5 Å². The predicted molar refractivity (Wildman–Crippen MR) is 265 cm³/mol. The number of thiophene rings is 1. The number of piperidine rings is 1. The number of morpholine rings is 1. The summed E-state index contributed by atoms with van der Waals surface area (Å²) >= 11 is 0.947. The number of hydrogen-bond donors (Lipinski definition) is 5. The molecule has 8 rings (SSSR count). The topological polar surface area (TPSA) is 232 Å². The molecule has 21 heteroatoms. The van der Waals surface area contributed by atoms with Crippen LogP contribution < -0.4 is 16.0 Å². The Hall–Kier alpha value is -6.36. The van der Waals surface area contributed by atoms with Crippen molar-refractivity contribution in [1.29, 1.82) is 0 Å². The van der Waals surface area contributed by atoms with E-state index in [1.165, 1.54) is 21.9 Å². The van der Waals surface area contributed by atoms with Crippen LogP contribution in [0.15, 0.2) is 72.8 Å². The molecule has 0 spiro atoms. The zero-order valence-electron chi connectivity index (χ0n) is 40.5. The first-order valence-corrected chi connectivity index (χ1v) is 26.6. The van der Waals surface area contributed by atoms with Crippen molar-refractivity contribution in [2.24, 2.45) is 5.41 Å². The molecule has 5 heterocycles. The minimum Gasteiger partial charge on any atom is -0.370 e. The van der Waals surface area contributed by atoms with Crippen LogP contribution in [0.3, 0.4) is 0 Å². The third kappa shape index (κ3) is 11.9. The van der Waals surface area contributed by atoms with Crippen molar-refractivity contribution < 1.29 is 61.4 Å². The first-order chi connectivity index (χ1) is 34.6. The van der Waals surface area contributed by atoms with E-state index in [0.29, 0.717) is 35.9 Å². The zero-order chi connectivity index (χ0) is 52.4. The Balaban J connectivity index is 0.895. The smallest absolute Gasteiger partial charge is 0.370 e. The number of hydrogen-bond acceptors (Lipinski definition) is 10. The predicted octanol–water partition coefficient (Wildman–Crippen LogP) is 5.72. The van der Waals surface area contributed by atoms with Crippen molar-refractivity contribution in [2.75, 3.05) is 26.2 Å². The van der Waals surface area contributed by atoms with E-state index in [0.717, 1.165) is 40.2 Å². The summed E-state index contributed by atoms with van der Waals surface area (Å²) in [7, 11) is -5.85. The maximum Gasteiger partial charge on any atom is 0.399 e. The molecule has 7 amide bonds. The first kappa shape index (κ1) is 52.9. The van der Waals surface area contributed by atoms with Gasteiger partial charge in [-0.05, 0) is 84.0 Å². The largest absolute Gasteiger partial charge is 0.399 e. The number of imide groups is 1. The summed E-state index contributed by atoms with van der Waals surface area (Å²) in [6, 6.07) is 15.6. The van der Waals surface area contributed by atoms with Gasteiger partial charge in [-0.15, -0.1) is 11.3 Å². The van der Waals surface area contributed by atoms with Crippen molar-refractivity contribution in [2.45, 2.75) is 115 Å². The fraction of sp³-hybridized carbons (Fsp3) is 0.442. The number of amides is 7. The average Bonchev–Trinajstić information content (AvgIpc) is 4.07. The molecule has 4 aliphatic heterocycles. The van der Waals surface area contributed by atoms with Crippen LogP contribution in [0.2, 0.25) is 0 Å². The van der Waals surface area contributed by atoms with Gasteiger partial charge in [-0.25, -0.2) is 0 Å². The minimum absolute atomic E-state index is 0.0171. The van der Waals surface area contributed by atoms with Crippen LogP contribution >= 0.6 is 18.9 Å². The lowest BCUT2D eigenvalue weighted by molar-refractivity contribution is -0.150. The average molecular weight is 1040 g/mol. The van der Waals surface area contributed by atoms with Gasteiger partial charge in [0.25, 0.3) is 11.8 Å². The Labute approximate surface area is 424 Å². The van der Waals surface area contributed by atoms with Gasteiger partial charge in [-0.3, -0.25) is 43.4 Å². The van der Waals surface area contributed by atoms with E-state index in [1.54, 1.807) is 37.8 Å². The standard InChI is InChI=1S/C52H57F2N6O11PS/c1-51(2,3)45(57-47(64)42-26-33-25-35(17-20-41(33)73-42)52(53,54)72(68,69)70)50(67)60-29-36(27-39(60)49(66)58-22-23-71-40(30-58)32-13-9-7-10-14-32)55-43(61)15-11-6-4-5-8-12-31-16-18-37-34(24-31)28-59(48(37)65)38-19-21-44(62)56-46(38)63/h7,9-10,13-14,16-18,20,24-26,36,38-40,45H,4-6,11,15,19,21-23,27-30H2,1-3H3,(H,55,61)(H,57,64)(H,56,62,63)(H2,68,69,70)/t36-,38?,39-,40-,45+/m0/s1. The number of ether oxygens (including phenoxy) is 1. The van der Waals surface area contributed by atoms with Gasteiger partial charge in [0, 0.05) is 66.3 Å². The molecule has 5 atom stereocenters. The van der Waals surface area contributed by atoms with Crippen molar-refractivity contribution in [3.63, 3.8) is 0 Å². The highest BCUT2D eigenvalue weighted by atomic mass is 32.1. The van der Waals surface area contributed by atoms with Crippen LogP contribution in [0.25, 0.3) is 10.1 Å². The summed E-state index contributed by atoms with van der Waals surface area (Å²) in [5.74, 6) is 3.39. The summed E-state index contributed by atoms with van der Waals surface area (Å²) in [6.45, 7) is 6.24. The van der Waals surface area contributed by atoms with E-state index in [4.69, 9.17) is 4.74 Å². The van der Waals surface area contributed by atoms with E-state index in [9.17, 15) is 56.7 Å². The second kappa shape index (κ2) is 21.6. The number of rotatable bonds is 14. The molecular weight excluding hydrogens is 986 g/mol. The maximum absolute atomic E-state index is 14.8. The molecule has 3 fully saturated rings. The fourth-order valence-corrected chi connectivity index (χ4v) is 11.1. The molecule has 73 heavy (non-hydrogen) atoms. The Bertz CT molecular complexity index is 2950. The molecule has 3 aromatic carbocycles. The molecule has 3 saturated heterocycles. The molecule has 0 saturated carbocycles. The lowest BCUT2D eigenvalue weighted by Gasteiger charge is -2.38. The lowest BCUT2D eigenvalue weighted by Crippen LogP contribution is -2.58. The molecule has 0 radical (unpaired) electrons. The monoisotopic (exact) mass is 1040 g/mol. The summed E-state index contributed by atoms with van der Waals surface area (Å²) < 4.78 is 47.1. The molecule has 5 N–H and O–H groups in total. The lowest BCUT2D eigenvalue weighted by atomic mass is 9.85.